The number of aromatic amines is 1. The Balaban J connectivity index is 1.47. The zero-order valence-electron chi connectivity index (χ0n) is 16.1. The molecule has 0 bridgehead atoms. The normalized spacial score (nSPS) is 24.2. The fourth-order valence-electron chi connectivity index (χ4n) is 4.28. The van der Waals surface area contributed by atoms with Gasteiger partial charge in [-0.05, 0) is 58.2 Å². The minimum Gasteiger partial charge on any atom is -0.376 e. The minimum atomic E-state index is 0.426. The highest BCUT2D eigenvalue weighted by atomic mass is 16.5. The van der Waals surface area contributed by atoms with Gasteiger partial charge in [-0.25, -0.2) is 0 Å². The first kappa shape index (κ1) is 18.4. The van der Waals surface area contributed by atoms with Crippen molar-refractivity contribution in [2.75, 3.05) is 20.7 Å². The Morgan fingerprint density at radius 2 is 2.12 bits per heavy atom. The molecule has 0 saturated heterocycles. The fraction of sp³-hybridized carbons (Fsp3) is 0.667. The second kappa shape index (κ2) is 8.33. The number of H-pyrrole nitrogens is 1. The third-order valence-electron chi connectivity index (χ3n) is 6.16. The van der Waals surface area contributed by atoms with Gasteiger partial charge in [-0.1, -0.05) is 19.8 Å². The lowest BCUT2D eigenvalue weighted by molar-refractivity contribution is 0.0258. The van der Waals surface area contributed by atoms with Gasteiger partial charge in [0.2, 0.25) is 0 Å². The second-order valence-corrected chi connectivity index (χ2v) is 7.92. The number of unbranched alkanes of at least 4 members (excludes halogenated alkanes) is 1. The molecule has 2 heterocycles. The third kappa shape index (κ3) is 4.24. The number of nitrogens with zero attached hydrogens (tertiary/aromatic N) is 2. The largest absolute Gasteiger partial charge is 0.376 e. The first-order valence-corrected chi connectivity index (χ1v) is 9.80. The van der Waals surface area contributed by atoms with Crippen molar-refractivity contribution >= 4 is 10.9 Å². The summed E-state index contributed by atoms with van der Waals surface area (Å²) in [6.07, 6.45) is 15.0. The van der Waals surface area contributed by atoms with Gasteiger partial charge < -0.3 is 14.6 Å². The maximum atomic E-state index is 6.07. The zero-order valence-corrected chi connectivity index (χ0v) is 16.1. The van der Waals surface area contributed by atoms with Crippen LogP contribution >= 0.6 is 0 Å². The van der Waals surface area contributed by atoms with E-state index in [0.29, 0.717) is 18.1 Å². The molecule has 0 spiro atoms. The maximum absolute atomic E-state index is 6.07. The van der Waals surface area contributed by atoms with Crippen LogP contribution in [0, 0.1) is 5.92 Å². The van der Waals surface area contributed by atoms with Crippen LogP contribution in [0.1, 0.15) is 57.4 Å². The Kier molecular flexibility index (Phi) is 6.13. The molecule has 0 unspecified atom stereocenters. The van der Waals surface area contributed by atoms with E-state index < -0.39 is 0 Å². The van der Waals surface area contributed by atoms with E-state index in [9.17, 15) is 0 Å². The van der Waals surface area contributed by atoms with Gasteiger partial charge in [-0.2, -0.15) is 0 Å². The molecule has 25 heavy (non-hydrogen) atoms. The van der Waals surface area contributed by atoms with Gasteiger partial charge in [0, 0.05) is 47.2 Å². The molecular weight excluding hydrogens is 310 g/mol. The van der Waals surface area contributed by atoms with Crippen LogP contribution in [0.5, 0.6) is 0 Å². The molecule has 0 amide bonds. The number of hydrogen-bond acceptors (Lipinski definition) is 3. The van der Waals surface area contributed by atoms with Crippen LogP contribution < -0.4 is 0 Å². The lowest BCUT2D eigenvalue weighted by Crippen LogP contribution is -2.47. The van der Waals surface area contributed by atoms with Crippen LogP contribution in [0.4, 0.5) is 0 Å². The van der Waals surface area contributed by atoms with Gasteiger partial charge >= 0.3 is 0 Å². The summed E-state index contributed by atoms with van der Waals surface area (Å²) in [5.41, 5.74) is 2.78. The molecule has 1 saturated carbocycles. The van der Waals surface area contributed by atoms with Crippen LogP contribution in [0.2, 0.25) is 0 Å². The first-order chi connectivity index (χ1) is 12.1. The summed E-state index contributed by atoms with van der Waals surface area (Å²) in [5.74, 6) is 0.707. The van der Waals surface area contributed by atoms with E-state index in [-0.39, 0.29) is 0 Å². The summed E-state index contributed by atoms with van der Waals surface area (Å²) >= 11 is 0. The molecule has 4 heteroatoms. The first-order valence-electron chi connectivity index (χ1n) is 9.80. The Morgan fingerprint density at radius 3 is 2.84 bits per heavy atom. The second-order valence-electron chi connectivity index (χ2n) is 7.92. The highest BCUT2D eigenvalue weighted by Gasteiger charge is 2.36. The van der Waals surface area contributed by atoms with Crippen molar-refractivity contribution < 1.29 is 4.74 Å². The van der Waals surface area contributed by atoms with Gasteiger partial charge in [0.25, 0.3) is 0 Å². The van der Waals surface area contributed by atoms with E-state index in [0.717, 1.165) is 12.1 Å². The van der Waals surface area contributed by atoms with E-state index in [2.05, 4.69) is 42.1 Å². The molecule has 1 aliphatic rings. The molecule has 4 nitrogen and oxygen atoms in total. The van der Waals surface area contributed by atoms with Crippen molar-refractivity contribution in [3.63, 3.8) is 0 Å². The lowest BCUT2D eigenvalue weighted by atomic mass is 9.73. The molecule has 2 aromatic heterocycles. The van der Waals surface area contributed by atoms with Gasteiger partial charge in [0.1, 0.15) is 0 Å². The van der Waals surface area contributed by atoms with E-state index in [1.54, 1.807) is 0 Å². The molecule has 1 N–H and O–H groups in total. The van der Waals surface area contributed by atoms with Crippen molar-refractivity contribution in [3.05, 3.63) is 30.2 Å². The molecule has 0 aromatic carbocycles. The topological polar surface area (TPSA) is 41.1 Å². The van der Waals surface area contributed by atoms with Gasteiger partial charge in [-0.3, -0.25) is 4.98 Å². The lowest BCUT2D eigenvalue weighted by Gasteiger charge is -2.45. The van der Waals surface area contributed by atoms with E-state index in [4.69, 9.17) is 4.74 Å². The SMILES string of the molecule is CCCCC1(N(C)C)CCC(COCc2c[nH]c3ccncc23)CC1. The van der Waals surface area contributed by atoms with Gasteiger partial charge in [-0.15, -0.1) is 0 Å². The highest BCUT2D eigenvalue weighted by molar-refractivity contribution is 5.81. The molecule has 1 aliphatic carbocycles. The minimum absolute atomic E-state index is 0.426. The number of rotatable bonds is 8. The predicted molar refractivity (Wildman–Crippen MR) is 104 cm³/mol. The van der Waals surface area contributed by atoms with Crippen molar-refractivity contribution in [2.24, 2.45) is 5.92 Å². The summed E-state index contributed by atoms with van der Waals surface area (Å²) in [6.45, 7) is 3.85. The third-order valence-corrected chi connectivity index (χ3v) is 6.16. The number of hydrogen-bond donors (Lipinski definition) is 1. The number of ether oxygens (including phenoxy) is 1. The van der Waals surface area contributed by atoms with Crippen LogP contribution in [-0.2, 0) is 11.3 Å². The summed E-state index contributed by atoms with van der Waals surface area (Å²) in [7, 11) is 4.52. The molecule has 1 fully saturated rings. The molecule has 2 aromatic rings. The Labute approximate surface area is 152 Å². The summed E-state index contributed by atoms with van der Waals surface area (Å²) < 4.78 is 6.07. The Bertz CT molecular complexity index is 656. The molecule has 0 radical (unpaired) electrons. The predicted octanol–water partition coefficient (Wildman–Crippen LogP) is 4.76. The van der Waals surface area contributed by atoms with Crippen molar-refractivity contribution in [3.8, 4) is 0 Å². The van der Waals surface area contributed by atoms with E-state index >= 15 is 0 Å². The van der Waals surface area contributed by atoms with E-state index in [1.165, 1.54) is 55.9 Å². The van der Waals surface area contributed by atoms with E-state index in [1.807, 2.05) is 18.5 Å². The van der Waals surface area contributed by atoms with Crippen LogP contribution in [0.15, 0.2) is 24.7 Å². The quantitative estimate of drug-likeness (QED) is 0.751. The number of pyridine rings is 1. The van der Waals surface area contributed by atoms with Gasteiger partial charge in [0.05, 0.1) is 6.61 Å². The maximum Gasteiger partial charge on any atom is 0.0738 e. The van der Waals surface area contributed by atoms with Crippen molar-refractivity contribution in [2.45, 2.75) is 64.0 Å². The summed E-state index contributed by atoms with van der Waals surface area (Å²) in [5, 5.41) is 1.18. The standard InChI is InChI=1S/C21H33N3O/c1-4-5-9-21(24(2)3)10-6-17(7-11-21)15-25-16-18-13-23-20-8-12-22-14-19(18)20/h8,12-14,17,23H,4-7,9-11,15-16H2,1-3H3. The van der Waals surface area contributed by atoms with Crippen LogP contribution in [-0.4, -0.2) is 41.1 Å². The van der Waals surface area contributed by atoms with Crippen molar-refractivity contribution in [1.29, 1.82) is 0 Å². The summed E-state index contributed by atoms with van der Waals surface area (Å²) in [6, 6.07) is 2.01. The number of fused-ring (bicyclic) bond motifs is 1. The summed E-state index contributed by atoms with van der Waals surface area (Å²) in [4.78, 5) is 10.00. The Morgan fingerprint density at radius 1 is 1.32 bits per heavy atom. The number of aromatic nitrogens is 2. The molecule has 0 aliphatic heterocycles. The Hall–Kier alpha value is -1.39. The van der Waals surface area contributed by atoms with Crippen LogP contribution in [0.3, 0.4) is 0 Å². The van der Waals surface area contributed by atoms with Gasteiger partial charge in [0.15, 0.2) is 0 Å². The monoisotopic (exact) mass is 343 g/mol. The smallest absolute Gasteiger partial charge is 0.0738 e. The molecule has 0 atom stereocenters. The van der Waals surface area contributed by atoms with Crippen molar-refractivity contribution in [1.82, 2.24) is 14.9 Å². The zero-order chi connectivity index (χ0) is 17.7. The number of nitrogens with one attached hydrogen (secondary N) is 1. The fourth-order valence-corrected chi connectivity index (χ4v) is 4.28. The molecule has 3 rings (SSSR count). The highest BCUT2D eigenvalue weighted by Crippen LogP contribution is 2.39. The molecular formula is C21H33N3O. The average Bonchev–Trinajstić information content (AvgIpc) is 3.04. The average molecular weight is 344 g/mol. The molecule has 138 valence electrons. The van der Waals surface area contributed by atoms with Crippen LogP contribution in [0.25, 0.3) is 10.9 Å².